The van der Waals surface area contributed by atoms with Gasteiger partial charge in [0.15, 0.2) is 0 Å². The molecule has 3 aromatic heterocycles. The number of nitrogens with one attached hydrogen (secondary N) is 2. The van der Waals surface area contributed by atoms with Crippen molar-refractivity contribution in [3.63, 3.8) is 0 Å². The standard InChI is InChI=1S/C20H14N4.C6H5.CO.Pd/c1-2-14-10-16-5-6-18(23-16)12-20-8-7-19(24-20)11-17-4-3-15(22-17)9-13(1)21-14;1-2-4-6-5-3-1;1-2;/h1-12,21-22H;1-5H;;/q;-1;;. The minimum atomic E-state index is 0.915. The smallest absolute Gasteiger partial charge is 0.171 e. The minimum Gasteiger partial charge on any atom is -0.184 e. The molecule has 6 rings (SSSR count). The van der Waals surface area contributed by atoms with E-state index in [1.54, 1.807) is 0 Å². The Morgan fingerprint density at radius 2 is 1.03 bits per heavy atom. The molecule has 2 aliphatic rings. The third kappa shape index (κ3) is 6.52. The van der Waals surface area contributed by atoms with E-state index >= 15 is 0 Å². The van der Waals surface area contributed by atoms with Gasteiger partial charge in [0, 0.05) is 22.1 Å². The second kappa shape index (κ2) is 11.1. The van der Waals surface area contributed by atoms with Gasteiger partial charge < -0.3 is 9.97 Å². The van der Waals surface area contributed by atoms with Gasteiger partial charge in [0.2, 0.25) is 0 Å². The summed E-state index contributed by atoms with van der Waals surface area (Å²) in [4.78, 5) is 24.6. The Labute approximate surface area is 201 Å². The van der Waals surface area contributed by atoms with Crippen LogP contribution >= 0.6 is 0 Å². The molecule has 6 heteroatoms. The summed E-state index contributed by atoms with van der Waals surface area (Å²) in [5.41, 5.74) is 7.86. The second-order valence-electron chi connectivity index (χ2n) is 7.05. The van der Waals surface area contributed by atoms with Crippen molar-refractivity contribution in [3.05, 3.63) is 108 Å². The van der Waals surface area contributed by atoms with Crippen LogP contribution < -0.4 is 0 Å². The zero-order chi connectivity index (χ0) is 22.9. The van der Waals surface area contributed by atoms with E-state index in [9.17, 15) is 0 Å². The molecule has 164 valence electrons. The van der Waals surface area contributed by atoms with Crippen LogP contribution in [0.4, 0.5) is 0 Å². The number of aromatic amines is 2. The molecule has 0 unspecified atom stereocenters. The van der Waals surface area contributed by atoms with E-state index < -0.39 is 0 Å². The van der Waals surface area contributed by atoms with E-state index in [4.69, 9.17) is 4.79 Å². The molecule has 2 aliphatic heterocycles. The van der Waals surface area contributed by atoms with Crippen LogP contribution in [0, 0.1) is 6.07 Å². The summed E-state index contributed by atoms with van der Waals surface area (Å²) < 4.78 is 1.35. The average Bonchev–Trinajstić information content (AvgIpc) is 3.62. The van der Waals surface area contributed by atoms with Crippen LogP contribution in [0.1, 0.15) is 22.8 Å². The van der Waals surface area contributed by atoms with Gasteiger partial charge in [-0.3, -0.25) is 0 Å². The fourth-order valence-electron chi connectivity index (χ4n) is 3.29. The van der Waals surface area contributed by atoms with Crippen LogP contribution in [0.5, 0.6) is 0 Å². The summed E-state index contributed by atoms with van der Waals surface area (Å²) in [6, 6.07) is 28.9. The van der Waals surface area contributed by atoms with Crippen LogP contribution in [0.3, 0.4) is 0 Å². The van der Waals surface area contributed by atoms with Crippen LogP contribution in [0.15, 0.2) is 78.9 Å². The van der Waals surface area contributed by atoms with E-state index in [1.807, 2.05) is 72.8 Å². The molecule has 8 bridgehead atoms. The van der Waals surface area contributed by atoms with Crippen LogP contribution in [-0.4, -0.2) is 24.3 Å². The van der Waals surface area contributed by atoms with Gasteiger partial charge in [-0.1, -0.05) is 0 Å². The molecule has 0 aliphatic carbocycles. The molecule has 33 heavy (non-hydrogen) atoms. The summed E-state index contributed by atoms with van der Waals surface area (Å²) in [5, 5.41) is 0. The van der Waals surface area contributed by atoms with Crippen molar-refractivity contribution in [1.82, 2.24) is 19.9 Å². The van der Waals surface area contributed by atoms with Gasteiger partial charge in [0.1, 0.15) is 0 Å². The summed E-state index contributed by atoms with van der Waals surface area (Å²) in [6.07, 6.45) is 8.05. The first-order valence-corrected chi connectivity index (χ1v) is 10.9. The minimum absolute atomic E-state index is 0.915. The molecule has 2 N–H and O–H groups in total. The van der Waals surface area contributed by atoms with Gasteiger partial charge in [-0.25, -0.2) is 9.97 Å². The molecular weight excluding hydrogens is 503 g/mol. The largest absolute Gasteiger partial charge is 0.184 e. The first-order valence-electron chi connectivity index (χ1n) is 10.1. The molecule has 5 nitrogen and oxygen atoms in total. The Morgan fingerprint density at radius 3 is 1.39 bits per heavy atom. The van der Waals surface area contributed by atoms with E-state index in [0.717, 1.165) is 44.8 Å². The summed E-state index contributed by atoms with van der Waals surface area (Å²) in [6.45, 7) is 0. The maximum absolute atomic E-state index is 8.61. The molecule has 0 spiro atoms. The quantitative estimate of drug-likeness (QED) is 0.198. The number of rotatable bonds is 0. The molecule has 5 heterocycles. The number of aromatic nitrogens is 4. The monoisotopic (exact) mass is 521 g/mol. The first-order chi connectivity index (χ1) is 16.2. The Hall–Kier alpha value is -3.94. The van der Waals surface area contributed by atoms with Crippen LogP contribution in [0.2, 0.25) is 0 Å². The van der Waals surface area contributed by atoms with Crippen molar-refractivity contribution in [2.24, 2.45) is 0 Å². The third-order valence-corrected chi connectivity index (χ3v) is 4.65. The van der Waals surface area contributed by atoms with Gasteiger partial charge in [-0.15, -0.1) is 0 Å². The molecular formula is C27H19N4OPd-. The molecule has 0 saturated heterocycles. The van der Waals surface area contributed by atoms with E-state index in [-0.39, 0.29) is 0 Å². The Kier molecular flexibility index (Phi) is 7.48. The average molecular weight is 522 g/mol. The first kappa shape index (κ1) is 22.3. The van der Waals surface area contributed by atoms with Crippen LogP contribution in [-0.2, 0) is 23.5 Å². The number of benzene rings is 1. The molecule has 0 fully saturated rings. The molecule has 0 amide bonds. The predicted octanol–water partition coefficient (Wildman–Crippen LogP) is 5.74. The summed E-state index contributed by atoms with van der Waals surface area (Å²) >= 11 is 2.14. The van der Waals surface area contributed by atoms with E-state index in [2.05, 4.69) is 75.1 Å². The zero-order valence-electron chi connectivity index (χ0n) is 17.4. The topological polar surface area (TPSA) is 74.4 Å². The molecule has 0 atom stereocenters. The molecule has 0 radical (unpaired) electrons. The van der Waals surface area contributed by atoms with Gasteiger partial charge in [0.05, 0.1) is 22.8 Å². The molecule has 4 aromatic rings. The fourth-order valence-corrected chi connectivity index (χ4v) is 3.29. The van der Waals surface area contributed by atoms with Crippen LogP contribution in [0.25, 0.3) is 46.4 Å². The number of hydrogen-bond acceptors (Lipinski definition) is 3. The number of carbonyl (C=O) groups excluding carboxylic acids is 1. The summed E-state index contributed by atoms with van der Waals surface area (Å²) in [7, 11) is 0. The second-order valence-corrected chi connectivity index (χ2v) is 7.36. The van der Waals surface area contributed by atoms with Crippen molar-refractivity contribution < 1.29 is 23.5 Å². The maximum Gasteiger partial charge on any atom is -0.171 e. The van der Waals surface area contributed by atoms with Gasteiger partial charge in [-0.05, 0) is 72.8 Å². The SMILES string of the molecule is C1=Cc2cc3ccc(cc4ccc(cc5nc(cc1n2)C=C5)[nH]4)[nH]3.O=[C]=[Pd].[c-]1ccccc1. The molecule has 0 saturated carbocycles. The Morgan fingerprint density at radius 1 is 0.636 bits per heavy atom. The number of H-pyrrole nitrogens is 2. The van der Waals surface area contributed by atoms with Gasteiger partial charge in [0.25, 0.3) is 0 Å². The zero-order valence-corrected chi connectivity index (χ0v) is 19.0. The van der Waals surface area contributed by atoms with Crippen molar-refractivity contribution in [3.8, 4) is 0 Å². The summed E-state index contributed by atoms with van der Waals surface area (Å²) in [5.74, 6) is 0. The fraction of sp³-hybridized carbons (Fsp3) is 0. The van der Waals surface area contributed by atoms with Gasteiger partial charge in [-0.2, -0.15) is 36.4 Å². The predicted molar refractivity (Wildman–Crippen MR) is 130 cm³/mol. The van der Waals surface area contributed by atoms with E-state index in [0.29, 0.717) is 0 Å². The number of hydrogen-bond donors (Lipinski definition) is 2. The third-order valence-electron chi connectivity index (χ3n) is 4.65. The number of fused-ring (bicyclic) bond motifs is 8. The molecule has 1 aromatic carbocycles. The Balaban J connectivity index is 0.000000245. The van der Waals surface area contributed by atoms with Crippen molar-refractivity contribution in [2.75, 3.05) is 0 Å². The maximum atomic E-state index is 8.61. The van der Waals surface area contributed by atoms with E-state index in [1.165, 1.54) is 4.35 Å². The van der Waals surface area contributed by atoms with Crippen molar-refractivity contribution >= 4 is 50.7 Å². The Bertz CT molecular complexity index is 1380. The number of nitrogens with zero attached hydrogens (tertiary/aromatic N) is 2. The normalized spacial score (nSPS) is 11.0. The van der Waals surface area contributed by atoms with Crippen molar-refractivity contribution in [2.45, 2.75) is 0 Å². The van der Waals surface area contributed by atoms with Crippen molar-refractivity contribution in [1.29, 1.82) is 0 Å². The van der Waals surface area contributed by atoms with Gasteiger partial charge >= 0.3 is 27.9 Å².